The number of rotatable bonds is 4. The van der Waals surface area contributed by atoms with Gasteiger partial charge < -0.3 is 25.4 Å². The molecule has 2 aliphatic rings. The smallest absolute Gasteiger partial charge is 0.317 e. The maximum atomic E-state index is 12.6. The standard InChI is InChI=1S/C22H31N5O2/c1-5-27(6-2)22(29)24-13-10-15-14-8-7-9-17-19(14)16(11-18(15)26(4)12-13)20(25-17)21(28)23-3/h7-9,13,15,18,25H,5-6,10-12H2,1-4H3,(H,23,28)(H,24,29)/t13-,15+,18+/m0/s1. The molecule has 1 saturated heterocycles. The number of piperidine rings is 1. The summed E-state index contributed by atoms with van der Waals surface area (Å²) in [5.74, 6) is 0.267. The number of carbonyl (C=O) groups excluding carboxylic acids is 2. The van der Waals surface area contributed by atoms with Crippen LogP contribution in [0.4, 0.5) is 4.79 Å². The number of fused-ring (bicyclic) bond motifs is 2. The van der Waals surface area contributed by atoms with Crippen LogP contribution < -0.4 is 10.6 Å². The Morgan fingerprint density at radius 3 is 2.72 bits per heavy atom. The predicted molar refractivity (Wildman–Crippen MR) is 114 cm³/mol. The molecule has 2 aromatic rings. The molecule has 1 fully saturated rings. The first-order valence-corrected chi connectivity index (χ1v) is 10.6. The van der Waals surface area contributed by atoms with Gasteiger partial charge in [0.15, 0.2) is 0 Å². The van der Waals surface area contributed by atoms with E-state index in [0.29, 0.717) is 30.7 Å². The van der Waals surface area contributed by atoms with Crippen LogP contribution in [0.15, 0.2) is 18.2 Å². The second-order valence-corrected chi connectivity index (χ2v) is 8.20. The highest BCUT2D eigenvalue weighted by Gasteiger charge is 2.41. The minimum atomic E-state index is -0.0663. The van der Waals surface area contributed by atoms with Crippen LogP contribution in [-0.4, -0.2) is 72.5 Å². The van der Waals surface area contributed by atoms with Gasteiger partial charge in [-0.3, -0.25) is 4.79 Å². The fourth-order valence-corrected chi connectivity index (χ4v) is 5.23. The van der Waals surface area contributed by atoms with Crippen LogP contribution in [0, 0.1) is 0 Å². The Hall–Kier alpha value is -2.54. The fraction of sp³-hybridized carbons (Fsp3) is 0.545. The van der Waals surface area contributed by atoms with E-state index < -0.39 is 0 Å². The average molecular weight is 398 g/mol. The van der Waals surface area contributed by atoms with Gasteiger partial charge in [-0.05, 0) is 50.9 Å². The van der Waals surface area contributed by atoms with Crippen LogP contribution in [0.1, 0.15) is 47.8 Å². The molecule has 1 aromatic heterocycles. The van der Waals surface area contributed by atoms with Gasteiger partial charge in [0.25, 0.3) is 5.91 Å². The Labute approximate surface area is 171 Å². The lowest BCUT2D eigenvalue weighted by Crippen LogP contribution is -2.56. The highest BCUT2D eigenvalue weighted by atomic mass is 16.2. The summed E-state index contributed by atoms with van der Waals surface area (Å²) in [4.78, 5) is 32.5. The summed E-state index contributed by atoms with van der Waals surface area (Å²) in [5, 5.41) is 7.20. The number of nitrogens with one attached hydrogen (secondary N) is 3. The quantitative estimate of drug-likeness (QED) is 0.741. The number of urea groups is 1. The van der Waals surface area contributed by atoms with E-state index in [2.05, 4.69) is 39.7 Å². The van der Waals surface area contributed by atoms with Crippen LogP contribution in [-0.2, 0) is 6.42 Å². The molecule has 3 amide bonds. The third-order valence-corrected chi connectivity index (χ3v) is 6.68. The molecule has 2 heterocycles. The summed E-state index contributed by atoms with van der Waals surface area (Å²) >= 11 is 0. The van der Waals surface area contributed by atoms with Gasteiger partial charge in [-0.2, -0.15) is 0 Å². The zero-order chi connectivity index (χ0) is 20.7. The predicted octanol–water partition coefficient (Wildman–Crippen LogP) is 2.29. The third kappa shape index (κ3) is 3.27. The molecule has 0 bridgehead atoms. The van der Waals surface area contributed by atoms with Crippen LogP contribution in [0.3, 0.4) is 0 Å². The number of nitrogens with zero attached hydrogens (tertiary/aromatic N) is 2. The molecule has 0 spiro atoms. The van der Waals surface area contributed by atoms with Crippen molar-refractivity contribution in [1.82, 2.24) is 25.4 Å². The van der Waals surface area contributed by atoms with Gasteiger partial charge in [0, 0.05) is 55.6 Å². The molecule has 0 unspecified atom stereocenters. The lowest BCUT2D eigenvalue weighted by Gasteiger charge is -2.46. The van der Waals surface area contributed by atoms with Crippen molar-refractivity contribution in [2.24, 2.45) is 0 Å². The van der Waals surface area contributed by atoms with Crippen molar-refractivity contribution >= 4 is 22.8 Å². The minimum Gasteiger partial charge on any atom is -0.354 e. The van der Waals surface area contributed by atoms with E-state index in [0.717, 1.165) is 30.5 Å². The van der Waals surface area contributed by atoms with Crippen molar-refractivity contribution in [3.8, 4) is 0 Å². The number of carbonyl (C=O) groups is 2. The lowest BCUT2D eigenvalue weighted by atomic mass is 9.73. The lowest BCUT2D eigenvalue weighted by molar-refractivity contribution is 0.0954. The van der Waals surface area contributed by atoms with Gasteiger partial charge in [0.05, 0.1) is 0 Å². The minimum absolute atomic E-state index is 0.0186. The average Bonchev–Trinajstić information content (AvgIpc) is 3.09. The van der Waals surface area contributed by atoms with Gasteiger partial charge in [0.2, 0.25) is 0 Å². The number of H-pyrrole nitrogens is 1. The van der Waals surface area contributed by atoms with Crippen LogP contribution in [0.5, 0.6) is 0 Å². The van der Waals surface area contributed by atoms with Crippen molar-refractivity contribution in [2.45, 2.75) is 44.7 Å². The second kappa shape index (κ2) is 7.71. The number of benzene rings is 1. The van der Waals surface area contributed by atoms with E-state index in [1.807, 2.05) is 24.8 Å². The largest absolute Gasteiger partial charge is 0.354 e. The maximum Gasteiger partial charge on any atom is 0.317 e. The number of hydrogen-bond donors (Lipinski definition) is 3. The number of aromatic amines is 1. The van der Waals surface area contributed by atoms with E-state index in [9.17, 15) is 9.59 Å². The Morgan fingerprint density at radius 1 is 1.28 bits per heavy atom. The monoisotopic (exact) mass is 397 g/mol. The molecule has 0 saturated carbocycles. The summed E-state index contributed by atoms with van der Waals surface area (Å²) in [7, 11) is 3.80. The number of likely N-dealkylation sites (N-methyl/N-ethyl adjacent to an activating group) is 1. The molecule has 1 aliphatic carbocycles. The number of amides is 3. The van der Waals surface area contributed by atoms with E-state index in [1.165, 1.54) is 10.9 Å². The molecule has 0 radical (unpaired) electrons. The van der Waals surface area contributed by atoms with Crippen LogP contribution in [0.25, 0.3) is 10.9 Å². The molecule has 7 nitrogen and oxygen atoms in total. The zero-order valence-corrected chi connectivity index (χ0v) is 17.7. The van der Waals surface area contributed by atoms with E-state index >= 15 is 0 Å². The summed E-state index contributed by atoms with van der Waals surface area (Å²) < 4.78 is 0. The van der Waals surface area contributed by atoms with Gasteiger partial charge in [-0.25, -0.2) is 4.79 Å². The van der Waals surface area contributed by atoms with E-state index in [1.54, 1.807) is 7.05 Å². The van der Waals surface area contributed by atoms with Gasteiger partial charge in [0.1, 0.15) is 5.69 Å². The second-order valence-electron chi connectivity index (χ2n) is 8.20. The normalized spacial score (nSPS) is 23.5. The Kier molecular flexibility index (Phi) is 5.25. The van der Waals surface area contributed by atoms with Crippen molar-refractivity contribution < 1.29 is 9.59 Å². The molecule has 3 N–H and O–H groups in total. The van der Waals surface area contributed by atoms with E-state index in [-0.39, 0.29) is 18.0 Å². The first kappa shape index (κ1) is 19.8. The first-order chi connectivity index (χ1) is 14.0. The molecule has 29 heavy (non-hydrogen) atoms. The molecule has 4 rings (SSSR count). The summed E-state index contributed by atoms with van der Waals surface area (Å²) in [6, 6.07) is 6.75. The number of likely N-dealkylation sites (tertiary alicyclic amines) is 1. The molecular weight excluding hydrogens is 366 g/mol. The SMILES string of the molecule is CCN(CC)C(=O)N[C@H]1C[C@@H]2c3cccc4[nH]c(C(=O)NC)c(c34)C[C@H]2N(C)C1. The molecule has 1 aromatic carbocycles. The molecule has 3 atom stereocenters. The number of aromatic nitrogens is 1. The molecular formula is C22H31N5O2. The highest BCUT2D eigenvalue weighted by molar-refractivity contribution is 6.02. The summed E-state index contributed by atoms with van der Waals surface area (Å²) in [5.41, 5.74) is 4.10. The van der Waals surface area contributed by atoms with Crippen molar-refractivity contribution in [3.05, 3.63) is 35.0 Å². The molecule has 156 valence electrons. The van der Waals surface area contributed by atoms with Crippen molar-refractivity contribution in [3.63, 3.8) is 0 Å². The molecule has 1 aliphatic heterocycles. The van der Waals surface area contributed by atoms with Gasteiger partial charge >= 0.3 is 6.03 Å². The molecule has 7 heteroatoms. The van der Waals surface area contributed by atoms with Crippen molar-refractivity contribution in [2.75, 3.05) is 33.7 Å². The summed E-state index contributed by atoms with van der Waals surface area (Å²) in [6.07, 6.45) is 1.76. The van der Waals surface area contributed by atoms with Crippen molar-refractivity contribution in [1.29, 1.82) is 0 Å². The van der Waals surface area contributed by atoms with Gasteiger partial charge in [-0.15, -0.1) is 0 Å². The first-order valence-electron chi connectivity index (χ1n) is 10.6. The number of hydrogen-bond acceptors (Lipinski definition) is 3. The zero-order valence-electron chi connectivity index (χ0n) is 17.7. The maximum absolute atomic E-state index is 12.6. The Balaban J connectivity index is 1.67. The van der Waals surface area contributed by atoms with E-state index in [4.69, 9.17) is 0 Å². The fourth-order valence-electron chi connectivity index (χ4n) is 5.23. The Bertz CT molecular complexity index is 933. The topological polar surface area (TPSA) is 80.5 Å². The highest BCUT2D eigenvalue weighted by Crippen LogP contribution is 2.44. The van der Waals surface area contributed by atoms with Crippen LogP contribution in [0.2, 0.25) is 0 Å². The van der Waals surface area contributed by atoms with Crippen LogP contribution >= 0.6 is 0 Å². The summed E-state index contributed by atoms with van der Waals surface area (Å²) in [6.45, 7) is 6.26. The Morgan fingerprint density at radius 2 is 2.03 bits per heavy atom. The third-order valence-electron chi connectivity index (χ3n) is 6.68. The van der Waals surface area contributed by atoms with Gasteiger partial charge in [-0.1, -0.05) is 12.1 Å².